The molecule has 1 aromatic rings. The fourth-order valence-corrected chi connectivity index (χ4v) is 1.38. The number of likely N-dealkylation sites (N-methyl/N-ethyl adjacent to an activating group) is 1. The van der Waals surface area contributed by atoms with E-state index in [9.17, 15) is 4.79 Å². The Morgan fingerprint density at radius 3 is 1.75 bits per heavy atom. The van der Waals surface area contributed by atoms with Gasteiger partial charge in [-0.25, -0.2) is 0 Å². The summed E-state index contributed by atoms with van der Waals surface area (Å²) < 4.78 is 0. The SMILES string of the molecule is CC.CN.CN1C(=O)CNC1(C)C.Cc1ccccc1. The van der Waals surface area contributed by atoms with Crippen LogP contribution in [0, 0.1) is 6.92 Å². The van der Waals surface area contributed by atoms with Crippen molar-refractivity contribution in [2.75, 3.05) is 20.6 Å². The second-order valence-corrected chi connectivity index (χ2v) is 4.52. The third kappa shape index (κ3) is 7.92. The van der Waals surface area contributed by atoms with Crippen LogP contribution in [0.5, 0.6) is 0 Å². The summed E-state index contributed by atoms with van der Waals surface area (Å²) in [6.45, 7) is 10.5. The van der Waals surface area contributed by atoms with E-state index in [1.165, 1.54) is 12.6 Å². The maximum Gasteiger partial charge on any atom is 0.237 e. The molecular formula is C16H31N3O. The summed E-state index contributed by atoms with van der Waals surface area (Å²) in [6, 6.07) is 10.3. The first kappa shape index (κ1) is 20.9. The van der Waals surface area contributed by atoms with E-state index in [-0.39, 0.29) is 11.6 Å². The fraction of sp³-hybridized carbons (Fsp3) is 0.562. The van der Waals surface area contributed by atoms with Crippen molar-refractivity contribution in [2.45, 2.75) is 40.3 Å². The van der Waals surface area contributed by atoms with Gasteiger partial charge in [0.25, 0.3) is 0 Å². The van der Waals surface area contributed by atoms with Crippen LogP contribution in [0.2, 0.25) is 0 Å². The van der Waals surface area contributed by atoms with Crippen LogP contribution >= 0.6 is 0 Å². The minimum Gasteiger partial charge on any atom is -0.333 e. The molecule has 0 bridgehead atoms. The van der Waals surface area contributed by atoms with Gasteiger partial charge in [0, 0.05) is 7.05 Å². The van der Waals surface area contributed by atoms with E-state index in [0.717, 1.165) is 0 Å². The van der Waals surface area contributed by atoms with Crippen molar-refractivity contribution in [2.24, 2.45) is 5.73 Å². The van der Waals surface area contributed by atoms with Crippen molar-refractivity contribution in [1.29, 1.82) is 0 Å². The third-order valence-electron chi connectivity index (χ3n) is 2.83. The molecule has 1 saturated heterocycles. The van der Waals surface area contributed by atoms with E-state index < -0.39 is 0 Å². The number of benzene rings is 1. The first-order valence-corrected chi connectivity index (χ1v) is 7.04. The Balaban J connectivity index is 0. The highest BCUT2D eigenvalue weighted by Crippen LogP contribution is 2.12. The molecule has 0 aromatic heterocycles. The van der Waals surface area contributed by atoms with Gasteiger partial charge in [0.2, 0.25) is 5.91 Å². The van der Waals surface area contributed by atoms with Gasteiger partial charge in [0.05, 0.1) is 12.2 Å². The summed E-state index contributed by atoms with van der Waals surface area (Å²) >= 11 is 0. The smallest absolute Gasteiger partial charge is 0.237 e. The molecule has 116 valence electrons. The molecule has 0 radical (unpaired) electrons. The molecule has 20 heavy (non-hydrogen) atoms. The molecule has 2 rings (SSSR count). The molecular weight excluding hydrogens is 250 g/mol. The minimum absolute atomic E-state index is 0.142. The van der Waals surface area contributed by atoms with Gasteiger partial charge in [0.1, 0.15) is 0 Å². The van der Waals surface area contributed by atoms with E-state index in [1.54, 1.807) is 4.90 Å². The van der Waals surface area contributed by atoms with Crippen molar-refractivity contribution in [3.8, 4) is 0 Å². The first-order chi connectivity index (χ1) is 9.43. The van der Waals surface area contributed by atoms with Crippen LogP contribution in [0.25, 0.3) is 0 Å². The van der Waals surface area contributed by atoms with Gasteiger partial charge in [-0.15, -0.1) is 0 Å². The third-order valence-corrected chi connectivity index (χ3v) is 2.83. The average Bonchev–Trinajstić information content (AvgIpc) is 2.72. The van der Waals surface area contributed by atoms with Crippen LogP contribution in [0.3, 0.4) is 0 Å². The number of carbonyl (C=O) groups excluding carboxylic acids is 1. The molecule has 4 heteroatoms. The maximum atomic E-state index is 10.9. The highest BCUT2D eigenvalue weighted by molar-refractivity contribution is 5.80. The summed E-state index contributed by atoms with van der Waals surface area (Å²) in [4.78, 5) is 12.6. The topological polar surface area (TPSA) is 58.4 Å². The Morgan fingerprint density at radius 1 is 1.15 bits per heavy atom. The summed E-state index contributed by atoms with van der Waals surface area (Å²) in [5.74, 6) is 0.167. The largest absolute Gasteiger partial charge is 0.333 e. The number of nitrogens with two attached hydrogens (primary N) is 1. The van der Waals surface area contributed by atoms with Gasteiger partial charge in [-0.1, -0.05) is 49.7 Å². The zero-order valence-electron chi connectivity index (χ0n) is 14.0. The van der Waals surface area contributed by atoms with Crippen molar-refractivity contribution >= 4 is 5.91 Å². The number of hydrogen-bond donors (Lipinski definition) is 2. The Hall–Kier alpha value is -1.39. The van der Waals surface area contributed by atoms with Crippen molar-refractivity contribution in [3.63, 3.8) is 0 Å². The average molecular weight is 281 g/mol. The molecule has 1 aliphatic rings. The molecule has 4 nitrogen and oxygen atoms in total. The molecule has 1 aliphatic heterocycles. The Morgan fingerprint density at radius 2 is 1.60 bits per heavy atom. The quantitative estimate of drug-likeness (QED) is 0.767. The zero-order valence-corrected chi connectivity index (χ0v) is 14.0. The highest BCUT2D eigenvalue weighted by Gasteiger charge is 2.33. The van der Waals surface area contributed by atoms with Crippen LogP contribution < -0.4 is 11.1 Å². The number of nitrogens with zero attached hydrogens (tertiary/aromatic N) is 1. The number of rotatable bonds is 0. The molecule has 1 heterocycles. The molecule has 0 atom stereocenters. The van der Waals surface area contributed by atoms with Gasteiger partial charge in [0.15, 0.2) is 0 Å². The second kappa shape index (κ2) is 11.4. The number of aryl methyl sites for hydroxylation is 1. The normalized spacial score (nSPS) is 15.0. The van der Waals surface area contributed by atoms with Crippen LogP contribution in [-0.2, 0) is 4.79 Å². The number of amides is 1. The second-order valence-electron chi connectivity index (χ2n) is 4.52. The van der Waals surface area contributed by atoms with Gasteiger partial charge in [-0.2, -0.15) is 0 Å². The number of carbonyl (C=O) groups is 1. The van der Waals surface area contributed by atoms with Crippen LogP contribution in [0.1, 0.15) is 33.3 Å². The highest BCUT2D eigenvalue weighted by atomic mass is 16.2. The van der Waals surface area contributed by atoms with Gasteiger partial charge in [-0.05, 0) is 27.8 Å². The zero-order chi connectivity index (χ0) is 16.2. The molecule has 1 fully saturated rings. The summed E-state index contributed by atoms with van der Waals surface area (Å²) in [7, 11) is 3.31. The first-order valence-electron chi connectivity index (χ1n) is 7.04. The standard InChI is InChI=1S/C7H8.C6H12N2O.C2H6.CH5N/c1-7-5-3-2-4-6-7;1-6(2)7-4-5(9)8(6)3;2*1-2/h2-6H,1H3;7H,4H2,1-3H3;1-2H3;2H2,1H3. The van der Waals surface area contributed by atoms with E-state index in [0.29, 0.717) is 6.54 Å². The lowest BCUT2D eigenvalue weighted by atomic mass is 10.2. The van der Waals surface area contributed by atoms with Crippen LogP contribution in [0.4, 0.5) is 0 Å². The van der Waals surface area contributed by atoms with Crippen molar-refractivity contribution in [3.05, 3.63) is 35.9 Å². The summed E-state index contributed by atoms with van der Waals surface area (Å²) in [5, 5.41) is 3.07. The number of nitrogens with one attached hydrogen (secondary N) is 1. The molecule has 0 unspecified atom stereocenters. The molecule has 1 amide bonds. The van der Waals surface area contributed by atoms with Crippen LogP contribution in [-0.4, -0.2) is 37.1 Å². The lowest BCUT2D eigenvalue weighted by molar-refractivity contribution is -0.128. The summed E-state index contributed by atoms with van der Waals surface area (Å²) in [6.07, 6.45) is 0. The predicted octanol–water partition coefficient (Wildman–Crippen LogP) is 2.38. The van der Waals surface area contributed by atoms with E-state index >= 15 is 0 Å². The van der Waals surface area contributed by atoms with Crippen molar-refractivity contribution < 1.29 is 4.79 Å². The van der Waals surface area contributed by atoms with Crippen LogP contribution in [0.15, 0.2) is 30.3 Å². The predicted molar refractivity (Wildman–Crippen MR) is 87.5 cm³/mol. The Bertz CT molecular complexity index is 350. The van der Waals surface area contributed by atoms with Gasteiger partial charge < -0.3 is 10.6 Å². The van der Waals surface area contributed by atoms with Gasteiger partial charge >= 0.3 is 0 Å². The maximum absolute atomic E-state index is 10.9. The molecule has 3 N–H and O–H groups in total. The molecule has 1 aromatic carbocycles. The molecule has 0 saturated carbocycles. The van der Waals surface area contributed by atoms with Crippen molar-refractivity contribution in [1.82, 2.24) is 10.2 Å². The Labute approximate surface area is 124 Å². The molecule has 0 aliphatic carbocycles. The summed E-state index contributed by atoms with van der Waals surface area (Å²) in [5.41, 5.74) is 5.68. The minimum atomic E-state index is -0.142. The lowest BCUT2D eigenvalue weighted by Gasteiger charge is -2.26. The van der Waals surface area contributed by atoms with E-state index in [2.05, 4.69) is 30.1 Å². The van der Waals surface area contributed by atoms with E-state index in [4.69, 9.17) is 0 Å². The number of hydrogen-bond acceptors (Lipinski definition) is 3. The fourth-order valence-electron chi connectivity index (χ4n) is 1.38. The Kier molecular flexibility index (Phi) is 12.0. The van der Waals surface area contributed by atoms with E-state index in [1.807, 2.05) is 52.9 Å². The molecule has 0 spiro atoms. The monoisotopic (exact) mass is 281 g/mol. The lowest BCUT2D eigenvalue weighted by Crippen LogP contribution is -2.44. The van der Waals surface area contributed by atoms with Gasteiger partial charge in [-0.3, -0.25) is 10.1 Å².